The van der Waals surface area contributed by atoms with E-state index in [1.807, 2.05) is 0 Å². The highest BCUT2D eigenvalue weighted by molar-refractivity contribution is 6.08. The number of hydrogen-bond donors (Lipinski definition) is 1. The van der Waals surface area contributed by atoms with Crippen LogP contribution in [-0.4, -0.2) is 23.5 Å². The number of carboxylic acid groups (broad SMARTS) is 1. The lowest BCUT2D eigenvalue weighted by Gasteiger charge is -2.12. The molecule has 1 aromatic rings. The fraction of sp³-hybridized carbons (Fsp3) is 0.231. The Labute approximate surface area is 112 Å². The van der Waals surface area contributed by atoms with E-state index in [1.54, 1.807) is 6.92 Å². The van der Waals surface area contributed by atoms with E-state index in [9.17, 15) is 22.8 Å². The quantitative estimate of drug-likeness (QED) is 0.668. The van der Waals surface area contributed by atoms with E-state index in [1.165, 1.54) is 0 Å². The van der Waals surface area contributed by atoms with Crippen LogP contribution in [0.4, 0.5) is 13.2 Å². The topological polar surface area (TPSA) is 63.6 Å². The molecule has 1 rings (SSSR count). The SMILES string of the molecule is CCOc1ccc(C(F)(F)F)cc1C(=O)/C=C/C(=O)O. The zero-order chi connectivity index (χ0) is 15.3. The van der Waals surface area contributed by atoms with Gasteiger partial charge in [0.15, 0.2) is 5.78 Å². The average molecular weight is 288 g/mol. The first-order chi connectivity index (χ1) is 9.25. The van der Waals surface area contributed by atoms with E-state index >= 15 is 0 Å². The van der Waals surface area contributed by atoms with Gasteiger partial charge in [-0.15, -0.1) is 0 Å². The molecule has 7 heteroatoms. The molecule has 0 fully saturated rings. The van der Waals surface area contributed by atoms with Crippen molar-refractivity contribution in [3.8, 4) is 5.75 Å². The van der Waals surface area contributed by atoms with Crippen molar-refractivity contribution in [2.45, 2.75) is 13.1 Å². The fourth-order valence-electron chi connectivity index (χ4n) is 1.42. The molecule has 0 radical (unpaired) electrons. The molecule has 0 aliphatic heterocycles. The highest BCUT2D eigenvalue weighted by Gasteiger charge is 2.31. The maximum atomic E-state index is 12.6. The lowest BCUT2D eigenvalue weighted by atomic mass is 10.0. The number of ether oxygens (including phenoxy) is 1. The second-order valence-corrected chi connectivity index (χ2v) is 3.68. The molecule has 0 saturated carbocycles. The summed E-state index contributed by atoms with van der Waals surface area (Å²) in [7, 11) is 0. The lowest BCUT2D eigenvalue weighted by molar-refractivity contribution is -0.137. The number of halogens is 3. The number of ketones is 1. The van der Waals surface area contributed by atoms with E-state index in [-0.39, 0.29) is 17.9 Å². The molecule has 0 heterocycles. The van der Waals surface area contributed by atoms with Crippen LogP contribution in [0.3, 0.4) is 0 Å². The summed E-state index contributed by atoms with van der Waals surface area (Å²) in [5.74, 6) is -2.27. The molecule has 0 aliphatic rings. The molecule has 1 N–H and O–H groups in total. The van der Waals surface area contributed by atoms with Gasteiger partial charge >= 0.3 is 12.1 Å². The zero-order valence-corrected chi connectivity index (χ0v) is 10.4. The zero-order valence-electron chi connectivity index (χ0n) is 10.4. The highest BCUT2D eigenvalue weighted by atomic mass is 19.4. The van der Waals surface area contributed by atoms with Crippen LogP contribution in [0.25, 0.3) is 0 Å². The Morgan fingerprint density at radius 1 is 1.30 bits per heavy atom. The number of carboxylic acids is 1. The monoisotopic (exact) mass is 288 g/mol. The van der Waals surface area contributed by atoms with Crippen LogP contribution >= 0.6 is 0 Å². The summed E-state index contributed by atoms with van der Waals surface area (Å²) in [4.78, 5) is 22.0. The predicted octanol–water partition coefficient (Wildman–Crippen LogP) is 2.93. The fourth-order valence-corrected chi connectivity index (χ4v) is 1.42. The standard InChI is InChI=1S/C13H11F3O4/c1-2-20-11-5-3-8(13(14,15)16)7-9(11)10(17)4-6-12(18)19/h3-7H,2H2,1H3,(H,18,19)/b6-4+. The van der Waals surface area contributed by atoms with Gasteiger partial charge in [0.2, 0.25) is 0 Å². The molecule has 0 amide bonds. The molecule has 0 bridgehead atoms. The van der Waals surface area contributed by atoms with Crippen molar-refractivity contribution in [2.24, 2.45) is 0 Å². The van der Waals surface area contributed by atoms with Crippen LogP contribution in [0.1, 0.15) is 22.8 Å². The number of rotatable bonds is 5. The lowest BCUT2D eigenvalue weighted by Crippen LogP contribution is -2.09. The average Bonchev–Trinajstić information content (AvgIpc) is 2.35. The minimum Gasteiger partial charge on any atom is -0.493 e. The molecule has 0 atom stereocenters. The van der Waals surface area contributed by atoms with Gasteiger partial charge in [0.05, 0.1) is 17.7 Å². The third-order valence-corrected chi connectivity index (χ3v) is 2.25. The third-order valence-electron chi connectivity index (χ3n) is 2.25. The molecular weight excluding hydrogens is 277 g/mol. The largest absolute Gasteiger partial charge is 0.493 e. The minimum atomic E-state index is -4.60. The van der Waals surface area contributed by atoms with Crippen molar-refractivity contribution in [2.75, 3.05) is 6.61 Å². The van der Waals surface area contributed by atoms with Crippen LogP contribution in [0.2, 0.25) is 0 Å². The number of benzene rings is 1. The maximum absolute atomic E-state index is 12.6. The first-order valence-corrected chi connectivity index (χ1v) is 5.55. The Hall–Kier alpha value is -2.31. The number of aliphatic carboxylic acids is 1. The molecule has 0 saturated heterocycles. The first kappa shape index (κ1) is 15.7. The van der Waals surface area contributed by atoms with Crippen molar-refractivity contribution in [1.82, 2.24) is 0 Å². The van der Waals surface area contributed by atoms with Gasteiger partial charge in [0.1, 0.15) is 5.75 Å². The second-order valence-electron chi connectivity index (χ2n) is 3.68. The summed E-state index contributed by atoms with van der Waals surface area (Å²) in [6.07, 6.45) is -3.37. The number of carbonyl (C=O) groups excluding carboxylic acids is 1. The molecule has 108 valence electrons. The molecule has 4 nitrogen and oxygen atoms in total. The summed E-state index contributed by atoms with van der Waals surface area (Å²) in [6, 6.07) is 2.47. The minimum absolute atomic E-state index is 0.0273. The molecular formula is C13H11F3O4. The predicted molar refractivity (Wildman–Crippen MR) is 63.7 cm³/mol. The van der Waals surface area contributed by atoms with Gasteiger partial charge < -0.3 is 9.84 Å². The van der Waals surface area contributed by atoms with Gasteiger partial charge in [-0.25, -0.2) is 4.79 Å². The van der Waals surface area contributed by atoms with E-state index in [4.69, 9.17) is 9.84 Å². The van der Waals surface area contributed by atoms with Crippen molar-refractivity contribution in [3.05, 3.63) is 41.5 Å². The summed E-state index contributed by atoms with van der Waals surface area (Å²) in [6.45, 7) is 1.77. The molecule has 0 aliphatic carbocycles. The second kappa shape index (κ2) is 6.23. The molecule has 1 aromatic carbocycles. The van der Waals surface area contributed by atoms with Gasteiger partial charge in [-0.3, -0.25) is 4.79 Å². The van der Waals surface area contributed by atoms with Crippen LogP contribution in [0, 0.1) is 0 Å². The Morgan fingerprint density at radius 3 is 2.45 bits per heavy atom. The Kier molecular flexibility index (Phi) is 4.90. The van der Waals surface area contributed by atoms with Gasteiger partial charge in [-0.1, -0.05) is 0 Å². The van der Waals surface area contributed by atoms with Crippen LogP contribution in [0.15, 0.2) is 30.4 Å². The van der Waals surface area contributed by atoms with Crippen LogP contribution < -0.4 is 4.74 Å². The first-order valence-electron chi connectivity index (χ1n) is 5.55. The van der Waals surface area contributed by atoms with Crippen molar-refractivity contribution >= 4 is 11.8 Å². The van der Waals surface area contributed by atoms with Gasteiger partial charge in [-0.05, 0) is 31.2 Å². The number of alkyl halides is 3. The molecule has 0 unspecified atom stereocenters. The number of hydrogen-bond acceptors (Lipinski definition) is 3. The van der Waals surface area contributed by atoms with E-state index in [2.05, 4.69) is 0 Å². The van der Waals surface area contributed by atoms with Crippen LogP contribution in [-0.2, 0) is 11.0 Å². The number of carbonyl (C=O) groups is 2. The Balaban J connectivity index is 3.25. The van der Waals surface area contributed by atoms with E-state index < -0.39 is 23.5 Å². The van der Waals surface area contributed by atoms with E-state index in [0.29, 0.717) is 18.2 Å². The van der Waals surface area contributed by atoms with Gasteiger partial charge in [-0.2, -0.15) is 13.2 Å². The Morgan fingerprint density at radius 2 is 1.95 bits per heavy atom. The normalized spacial score (nSPS) is 11.6. The van der Waals surface area contributed by atoms with Gasteiger partial charge in [0.25, 0.3) is 0 Å². The summed E-state index contributed by atoms with van der Waals surface area (Å²) in [5, 5.41) is 8.42. The summed E-state index contributed by atoms with van der Waals surface area (Å²) >= 11 is 0. The van der Waals surface area contributed by atoms with Gasteiger partial charge in [0, 0.05) is 6.08 Å². The molecule has 20 heavy (non-hydrogen) atoms. The smallest absolute Gasteiger partial charge is 0.416 e. The van der Waals surface area contributed by atoms with Crippen molar-refractivity contribution in [3.63, 3.8) is 0 Å². The Bertz CT molecular complexity index is 547. The summed E-state index contributed by atoms with van der Waals surface area (Å²) in [5.41, 5.74) is -1.34. The molecule has 0 spiro atoms. The maximum Gasteiger partial charge on any atom is 0.416 e. The molecule has 0 aromatic heterocycles. The van der Waals surface area contributed by atoms with Crippen LogP contribution in [0.5, 0.6) is 5.75 Å². The summed E-state index contributed by atoms with van der Waals surface area (Å²) < 4.78 is 42.9. The number of allylic oxidation sites excluding steroid dienone is 1. The van der Waals surface area contributed by atoms with Crippen molar-refractivity contribution < 1.29 is 32.6 Å². The third kappa shape index (κ3) is 4.11. The van der Waals surface area contributed by atoms with Crippen molar-refractivity contribution in [1.29, 1.82) is 0 Å². The highest BCUT2D eigenvalue weighted by Crippen LogP contribution is 2.32. The van der Waals surface area contributed by atoms with E-state index in [0.717, 1.165) is 12.1 Å².